The van der Waals surface area contributed by atoms with Crippen molar-refractivity contribution in [2.75, 3.05) is 13.1 Å². The van der Waals surface area contributed by atoms with Gasteiger partial charge in [0, 0.05) is 19.5 Å². The van der Waals surface area contributed by atoms with Crippen LogP contribution in [0.1, 0.15) is 32.6 Å². The van der Waals surface area contributed by atoms with Crippen molar-refractivity contribution in [1.82, 2.24) is 4.90 Å². The molecule has 0 aromatic heterocycles. The Morgan fingerprint density at radius 1 is 1.47 bits per heavy atom. The van der Waals surface area contributed by atoms with Crippen LogP contribution in [0.25, 0.3) is 0 Å². The van der Waals surface area contributed by atoms with E-state index in [-0.39, 0.29) is 18.9 Å². The first-order valence-corrected chi connectivity index (χ1v) is 6.85. The summed E-state index contributed by atoms with van der Waals surface area (Å²) in [4.78, 5) is 13.0. The lowest BCUT2D eigenvalue weighted by Crippen LogP contribution is -2.32. The standard InChI is InChI=1S/C9H18N2O3S/c1-2-3-4-5-11-7-8(6-9(11)12)15(10,13)14/h8H,2-7H2,1H3,(H2,10,13,14). The van der Waals surface area contributed by atoms with Gasteiger partial charge in [-0.05, 0) is 6.42 Å². The number of hydrogen-bond acceptors (Lipinski definition) is 3. The van der Waals surface area contributed by atoms with Gasteiger partial charge in [-0.2, -0.15) is 0 Å². The maximum absolute atomic E-state index is 11.4. The first kappa shape index (κ1) is 12.4. The number of rotatable bonds is 5. The zero-order chi connectivity index (χ0) is 11.5. The molecular formula is C9H18N2O3S. The van der Waals surface area contributed by atoms with Crippen LogP contribution < -0.4 is 5.14 Å². The molecular weight excluding hydrogens is 216 g/mol. The lowest BCUT2D eigenvalue weighted by atomic mass is 10.2. The summed E-state index contributed by atoms with van der Waals surface area (Å²) < 4.78 is 22.1. The SMILES string of the molecule is CCCCCN1CC(S(N)(=O)=O)CC1=O. The van der Waals surface area contributed by atoms with Crippen molar-refractivity contribution in [2.45, 2.75) is 37.9 Å². The first-order chi connectivity index (χ1) is 6.95. The molecule has 1 unspecified atom stereocenters. The summed E-state index contributed by atoms with van der Waals surface area (Å²) in [5, 5.41) is 4.31. The highest BCUT2D eigenvalue weighted by Gasteiger charge is 2.35. The fraction of sp³-hybridized carbons (Fsp3) is 0.889. The molecule has 6 heteroatoms. The molecule has 0 aromatic carbocycles. The summed E-state index contributed by atoms with van der Waals surface area (Å²) >= 11 is 0. The predicted octanol–water partition coefficient (Wildman–Crippen LogP) is 0.0660. The molecule has 88 valence electrons. The van der Waals surface area contributed by atoms with Gasteiger partial charge in [-0.15, -0.1) is 0 Å². The van der Waals surface area contributed by atoms with Gasteiger partial charge in [0.15, 0.2) is 0 Å². The molecule has 1 heterocycles. The minimum Gasteiger partial charge on any atom is -0.341 e. The lowest BCUT2D eigenvalue weighted by molar-refractivity contribution is -0.127. The van der Waals surface area contributed by atoms with Gasteiger partial charge in [-0.1, -0.05) is 19.8 Å². The number of amides is 1. The molecule has 1 fully saturated rings. The average Bonchev–Trinajstić information content (AvgIpc) is 2.48. The van der Waals surface area contributed by atoms with E-state index in [2.05, 4.69) is 6.92 Å². The Hall–Kier alpha value is -0.620. The molecule has 15 heavy (non-hydrogen) atoms. The van der Waals surface area contributed by atoms with Crippen LogP contribution in [0.15, 0.2) is 0 Å². The van der Waals surface area contributed by atoms with Gasteiger partial charge in [0.05, 0.1) is 0 Å². The Kier molecular flexibility index (Phi) is 4.10. The number of hydrogen-bond donors (Lipinski definition) is 1. The van der Waals surface area contributed by atoms with E-state index in [4.69, 9.17) is 5.14 Å². The Morgan fingerprint density at radius 3 is 2.60 bits per heavy atom. The molecule has 1 aliphatic heterocycles. The van der Waals surface area contributed by atoms with Gasteiger partial charge in [0.2, 0.25) is 15.9 Å². The summed E-state index contributed by atoms with van der Waals surface area (Å²) in [6.45, 7) is 3.00. The van der Waals surface area contributed by atoms with Crippen molar-refractivity contribution in [2.24, 2.45) is 5.14 Å². The molecule has 1 aliphatic rings. The van der Waals surface area contributed by atoms with Crippen LogP contribution in [-0.4, -0.2) is 37.6 Å². The molecule has 1 rings (SSSR count). The van der Waals surface area contributed by atoms with Gasteiger partial charge in [-0.25, -0.2) is 13.6 Å². The van der Waals surface area contributed by atoms with E-state index in [0.29, 0.717) is 6.54 Å². The fourth-order valence-electron chi connectivity index (χ4n) is 1.72. The minimum absolute atomic E-state index is 0.0466. The lowest BCUT2D eigenvalue weighted by Gasteiger charge is -2.15. The third-order valence-corrected chi connectivity index (χ3v) is 3.92. The smallest absolute Gasteiger partial charge is 0.224 e. The molecule has 1 atom stereocenters. The van der Waals surface area contributed by atoms with Gasteiger partial charge >= 0.3 is 0 Å². The normalized spacial score (nSPS) is 22.4. The number of primary sulfonamides is 1. The zero-order valence-corrected chi connectivity index (χ0v) is 9.79. The number of likely N-dealkylation sites (tertiary alicyclic amines) is 1. The average molecular weight is 234 g/mol. The molecule has 2 N–H and O–H groups in total. The van der Waals surface area contributed by atoms with Crippen molar-refractivity contribution < 1.29 is 13.2 Å². The Labute approximate surface area is 90.7 Å². The number of nitrogens with zero attached hydrogens (tertiary/aromatic N) is 1. The molecule has 0 aromatic rings. The van der Waals surface area contributed by atoms with Crippen molar-refractivity contribution in [3.05, 3.63) is 0 Å². The van der Waals surface area contributed by atoms with Gasteiger partial charge in [0.1, 0.15) is 5.25 Å². The summed E-state index contributed by atoms with van der Waals surface area (Å²) in [6.07, 6.45) is 3.12. The molecule has 1 amide bonds. The summed E-state index contributed by atoms with van der Waals surface area (Å²) in [5.41, 5.74) is 0. The van der Waals surface area contributed by atoms with Crippen LogP contribution in [0.4, 0.5) is 0 Å². The monoisotopic (exact) mass is 234 g/mol. The van der Waals surface area contributed by atoms with Gasteiger partial charge in [-0.3, -0.25) is 4.79 Å². The number of sulfonamides is 1. The van der Waals surface area contributed by atoms with Crippen LogP contribution in [0.5, 0.6) is 0 Å². The Morgan fingerprint density at radius 2 is 2.13 bits per heavy atom. The molecule has 0 bridgehead atoms. The molecule has 0 aliphatic carbocycles. The summed E-state index contributed by atoms with van der Waals surface area (Å²) in [5.74, 6) is -0.0925. The van der Waals surface area contributed by atoms with E-state index in [1.54, 1.807) is 4.90 Å². The fourth-order valence-corrected chi connectivity index (χ4v) is 2.49. The van der Waals surface area contributed by atoms with E-state index >= 15 is 0 Å². The van der Waals surface area contributed by atoms with E-state index in [1.165, 1.54) is 0 Å². The maximum atomic E-state index is 11.4. The Balaban J connectivity index is 2.46. The minimum atomic E-state index is -3.56. The van der Waals surface area contributed by atoms with E-state index in [0.717, 1.165) is 19.3 Å². The van der Waals surface area contributed by atoms with E-state index in [9.17, 15) is 13.2 Å². The van der Waals surface area contributed by atoms with Crippen molar-refractivity contribution in [3.8, 4) is 0 Å². The second-order valence-corrected chi connectivity index (χ2v) is 5.81. The van der Waals surface area contributed by atoms with Crippen molar-refractivity contribution in [1.29, 1.82) is 0 Å². The molecule has 0 radical (unpaired) electrons. The number of unbranched alkanes of at least 4 members (excludes halogenated alkanes) is 2. The van der Waals surface area contributed by atoms with Crippen LogP contribution in [0.3, 0.4) is 0 Å². The highest BCUT2D eigenvalue weighted by molar-refractivity contribution is 7.89. The zero-order valence-electron chi connectivity index (χ0n) is 8.98. The Bertz CT molecular complexity index is 326. The molecule has 0 spiro atoms. The summed E-state index contributed by atoms with van der Waals surface area (Å²) in [7, 11) is -3.56. The van der Waals surface area contributed by atoms with Crippen molar-refractivity contribution >= 4 is 15.9 Å². The number of carbonyl (C=O) groups excluding carboxylic acids is 1. The molecule has 0 saturated carbocycles. The molecule has 5 nitrogen and oxygen atoms in total. The van der Waals surface area contributed by atoms with E-state index in [1.807, 2.05) is 0 Å². The first-order valence-electron chi connectivity index (χ1n) is 5.24. The van der Waals surface area contributed by atoms with E-state index < -0.39 is 15.3 Å². The maximum Gasteiger partial charge on any atom is 0.224 e. The number of carbonyl (C=O) groups is 1. The highest BCUT2D eigenvalue weighted by atomic mass is 32.2. The second kappa shape index (κ2) is 4.94. The van der Waals surface area contributed by atoms with Crippen LogP contribution in [0.2, 0.25) is 0 Å². The third-order valence-electron chi connectivity index (χ3n) is 2.68. The van der Waals surface area contributed by atoms with Crippen LogP contribution in [-0.2, 0) is 14.8 Å². The van der Waals surface area contributed by atoms with Gasteiger partial charge in [0.25, 0.3) is 0 Å². The topological polar surface area (TPSA) is 80.5 Å². The second-order valence-electron chi connectivity index (χ2n) is 3.96. The summed E-state index contributed by atoms with van der Waals surface area (Å²) in [6, 6.07) is 0. The van der Waals surface area contributed by atoms with Crippen LogP contribution in [0, 0.1) is 0 Å². The van der Waals surface area contributed by atoms with Crippen LogP contribution >= 0.6 is 0 Å². The van der Waals surface area contributed by atoms with Gasteiger partial charge < -0.3 is 4.90 Å². The number of nitrogens with two attached hydrogens (primary N) is 1. The highest BCUT2D eigenvalue weighted by Crippen LogP contribution is 2.16. The predicted molar refractivity (Wildman–Crippen MR) is 57.6 cm³/mol. The third kappa shape index (κ3) is 3.46. The van der Waals surface area contributed by atoms with Crippen molar-refractivity contribution in [3.63, 3.8) is 0 Å². The quantitative estimate of drug-likeness (QED) is 0.683. The molecule has 1 saturated heterocycles. The largest absolute Gasteiger partial charge is 0.341 e.